The van der Waals surface area contributed by atoms with Crippen LogP contribution >= 0.6 is 22.6 Å². The molecule has 0 saturated carbocycles. The molecule has 0 radical (unpaired) electrons. The Kier molecular flexibility index (Phi) is 15.1. The number of hydrogen-bond donors (Lipinski definition) is 0. The molecule has 0 bridgehead atoms. The van der Waals surface area contributed by atoms with Gasteiger partial charge in [-0.1, -0.05) is 48.5 Å². The van der Waals surface area contributed by atoms with E-state index in [1.54, 1.807) is 156 Å². The Balaban J connectivity index is 1.70. The van der Waals surface area contributed by atoms with Crippen molar-refractivity contribution in [2.24, 2.45) is 0 Å². The van der Waals surface area contributed by atoms with E-state index in [4.69, 9.17) is 37.9 Å². The number of rotatable bonds is 9. The Morgan fingerprint density at radius 3 is 1.00 bits per heavy atom. The maximum absolute atomic E-state index is 13.4. The molecule has 64 heavy (non-hydrogen) atoms. The van der Waals surface area contributed by atoms with Crippen molar-refractivity contribution in [3.8, 4) is 45.3 Å². The van der Waals surface area contributed by atoms with Gasteiger partial charge in [-0.05, 0) is 194 Å². The molecular weight excluding hydrogens is 931 g/mol. The van der Waals surface area contributed by atoms with Crippen LogP contribution in [0.4, 0.5) is 19.2 Å². The van der Waals surface area contributed by atoms with Crippen LogP contribution in [0.3, 0.4) is 0 Å². The molecule has 0 amide bonds. The van der Waals surface area contributed by atoms with Crippen LogP contribution in [0.2, 0.25) is 0 Å². The van der Waals surface area contributed by atoms with Gasteiger partial charge in [0.05, 0.1) is 0 Å². The summed E-state index contributed by atoms with van der Waals surface area (Å²) in [5.41, 5.74) is 1.56. The molecule has 5 aromatic rings. The summed E-state index contributed by atoms with van der Waals surface area (Å²) in [5, 5.41) is 0. The van der Waals surface area contributed by atoms with Crippen molar-refractivity contribution in [3.63, 3.8) is 0 Å². The maximum atomic E-state index is 13.4. The molecule has 0 spiro atoms. The van der Waals surface area contributed by atoms with Crippen molar-refractivity contribution >= 4 is 47.2 Å². The predicted octanol–water partition coefficient (Wildman–Crippen LogP) is 14.1. The highest BCUT2D eigenvalue weighted by molar-refractivity contribution is 14.1. The molecule has 0 heterocycles. The molecule has 0 aliphatic rings. The Bertz CT molecular complexity index is 2300. The van der Waals surface area contributed by atoms with Crippen molar-refractivity contribution in [3.05, 3.63) is 129 Å². The average molecular weight is 987 g/mol. The van der Waals surface area contributed by atoms with Gasteiger partial charge in [-0.15, -0.1) is 0 Å². The monoisotopic (exact) mass is 986 g/mol. The lowest BCUT2D eigenvalue weighted by Gasteiger charge is -2.26. The SMILES string of the molecule is CC(C)(C)OC(=O)Oc1ccc(-c2ccc(OC(=O)OC(C)(C)C)c(C(c3ccc(I)cc3)c3cc(-c4ccc(OC(=O)OC(C)(C)C)cc4)ccc3OC(=O)OC(C)(C)C)c2)cc1. The summed E-state index contributed by atoms with van der Waals surface area (Å²) < 4.78 is 45.7. The Morgan fingerprint density at radius 1 is 0.391 bits per heavy atom. The van der Waals surface area contributed by atoms with Crippen molar-refractivity contribution in [1.82, 2.24) is 0 Å². The van der Waals surface area contributed by atoms with Crippen LogP contribution in [0.25, 0.3) is 22.3 Å². The third-order valence-electron chi connectivity index (χ3n) is 8.57. The first-order chi connectivity index (χ1) is 29.7. The summed E-state index contributed by atoms with van der Waals surface area (Å²) in [5.74, 6) is 0.179. The molecular formula is C51H55IO12. The fourth-order valence-electron chi connectivity index (χ4n) is 6.16. The van der Waals surface area contributed by atoms with E-state index in [2.05, 4.69) is 22.6 Å². The van der Waals surface area contributed by atoms with Crippen molar-refractivity contribution < 1.29 is 57.1 Å². The van der Waals surface area contributed by atoms with Crippen LogP contribution in [0.5, 0.6) is 23.0 Å². The van der Waals surface area contributed by atoms with Gasteiger partial charge in [0.25, 0.3) is 0 Å². The summed E-state index contributed by atoms with van der Waals surface area (Å²) in [6.07, 6.45) is -3.50. The minimum atomic E-state index is -0.917. The largest absolute Gasteiger partial charge is 0.514 e. The van der Waals surface area contributed by atoms with Crippen molar-refractivity contribution in [1.29, 1.82) is 0 Å². The first-order valence-electron chi connectivity index (χ1n) is 20.6. The normalized spacial score (nSPS) is 11.9. The van der Waals surface area contributed by atoms with Gasteiger partial charge in [-0.2, -0.15) is 0 Å². The molecule has 0 aromatic heterocycles. The quantitative estimate of drug-likeness (QED) is 0.0456. The Labute approximate surface area is 388 Å². The molecule has 0 fully saturated rings. The van der Waals surface area contributed by atoms with Crippen LogP contribution in [-0.4, -0.2) is 47.0 Å². The van der Waals surface area contributed by atoms with E-state index >= 15 is 0 Å². The minimum Gasteiger partial charge on any atom is -0.428 e. The highest BCUT2D eigenvalue weighted by atomic mass is 127. The lowest BCUT2D eigenvalue weighted by molar-refractivity contribution is 0.0190. The Morgan fingerprint density at radius 2 is 0.688 bits per heavy atom. The molecule has 5 aromatic carbocycles. The fraction of sp³-hybridized carbons (Fsp3) is 0.333. The van der Waals surface area contributed by atoms with E-state index < -0.39 is 52.9 Å². The number of carbonyl (C=O) groups excluding carboxylic acids is 4. The zero-order valence-corrected chi connectivity index (χ0v) is 40.4. The van der Waals surface area contributed by atoms with E-state index in [0.29, 0.717) is 11.1 Å². The van der Waals surface area contributed by atoms with Gasteiger partial charge >= 0.3 is 24.6 Å². The number of halogens is 1. The average Bonchev–Trinajstić information content (AvgIpc) is 3.14. The summed E-state index contributed by atoms with van der Waals surface area (Å²) in [7, 11) is 0. The molecule has 338 valence electrons. The zero-order valence-electron chi connectivity index (χ0n) is 38.2. The van der Waals surface area contributed by atoms with Gasteiger partial charge < -0.3 is 37.9 Å². The number of hydrogen-bond acceptors (Lipinski definition) is 12. The number of ether oxygens (including phenoxy) is 8. The van der Waals surface area contributed by atoms with E-state index in [1.807, 2.05) is 36.4 Å². The van der Waals surface area contributed by atoms with Gasteiger partial charge in [-0.25, -0.2) is 19.2 Å². The van der Waals surface area contributed by atoms with Crippen molar-refractivity contribution in [2.75, 3.05) is 0 Å². The molecule has 0 aliphatic carbocycles. The van der Waals surface area contributed by atoms with Gasteiger partial charge in [0.15, 0.2) is 0 Å². The van der Waals surface area contributed by atoms with E-state index in [1.165, 1.54) is 0 Å². The lowest BCUT2D eigenvalue weighted by atomic mass is 9.82. The van der Waals surface area contributed by atoms with Crippen LogP contribution in [0, 0.1) is 3.57 Å². The Hall–Kier alpha value is -6.09. The van der Waals surface area contributed by atoms with Crippen LogP contribution in [0.1, 0.15) is 106 Å². The van der Waals surface area contributed by atoms with E-state index in [9.17, 15) is 19.2 Å². The van der Waals surface area contributed by atoms with Crippen molar-refractivity contribution in [2.45, 2.75) is 111 Å². The molecule has 13 heteroatoms. The molecule has 0 atom stereocenters. The maximum Gasteiger partial charge on any atom is 0.514 e. The molecule has 0 aliphatic heterocycles. The second-order valence-electron chi connectivity index (χ2n) is 18.8. The smallest absolute Gasteiger partial charge is 0.428 e. The predicted molar refractivity (Wildman–Crippen MR) is 251 cm³/mol. The van der Waals surface area contributed by atoms with E-state index in [-0.39, 0.29) is 23.0 Å². The summed E-state index contributed by atoms with van der Waals surface area (Å²) >= 11 is 2.23. The van der Waals surface area contributed by atoms with Crippen LogP contribution in [-0.2, 0) is 18.9 Å². The van der Waals surface area contributed by atoms with E-state index in [0.717, 1.165) is 31.4 Å². The van der Waals surface area contributed by atoms with Gasteiger partial charge in [0.1, 0.15) is 45.4 Å². The zero-order chi connectivity index (χ0) is 47.2. The van der Waals surface area contributed by atoms with Crippen LogP contribution < -0.4 is 18.9 Å². The number of carbonyl (C=O) groups is 4. The van der Waals surface area contributed by atoms with Crippen LogP contribution in [0.15, 0.2) is 109 Å². The summed E-state index contributed by atoms with van der Waals surface area (Å²) in [4.78, 5) is 51.7. The summed E-state index contributed by atoms with van der Waals surface area (Å²) in [6.45, 7) is 20.9. The van der Waals surface area contributed by atoms with Gasteiger partial charge in [-0.3, -0.25) is 0 Å². The first kappa shape index (κ1) is 48.9. The molecule has 0 N–H and O–H groups in total. The van der Waals surface area contributed by atoms with Gasteiger partial charge in [0, 0.05) is 20.6 Å². The lowest BCUT2D eigenvalue weighted by Crippen LogP contribution is -2.26. The second-order valence-corrected chi connectivity index (χ2v) is 20.1. The molecule has 12 nitrogen and oxygen atoms in total. The van der Waals surface area contributed by atoms with Gasteiger partial charge in [0.2, 0.25) is 0 Å². The molecule has 0 saturated heterocycles. The first-order valence-corrected chi connectivity index (χ1v) is 21.7. The topological polar surface area (TPSA) is 142 Å². The third kappa shape index (κ3) is 15.0. The highest BCUT2D eigenvalue weighted by Crippen LogP contribution is 2.45. The second kappa shape index (κ2) is 19.7. The fourth-order valence-corrected chi connectivity index (χ4v) is 6.52. The standard InChI is InChI=1S/C51H55IO12/c1-48(2,3)61-44(53)57-37-23-15-31(16-24-37)34-19-27-41(59-46(55)63-50(7,8)9)39(29-34)43(33-13-21-36(52)22-14-33)40-30-35(20-28-42(40)60-47(56)64-51(10,11)12)32-17-25-38(26-18-32)58-45(54)62-49(4,5)6/h13-30,43H,1-12H3. The molecule has 0 unspecified atom stereocenters. The third-order valence-corrected chi connectivity index (χ3v) is 9.29. The molecule has 5 rings (SSSR count). The minimum absolute atomic E-state index is 0.184. The highest BCUT2D eigenvalue weighted by Gasteiger charge is 2.30. The summed E-state index contributed by atoms with van der Waals surface area (Å²) in [6, 6.07) is 32.3. The number of benzene rings is 5.